The zero-order chi connectivity index (χ0) is 13.4. The van der Waals surface area contributed by atoms with Crippen molar-refractivity contribution >= 4 is 11.8 Å². The lowest BCUT2D eigenvalue weighted by Crippen LogP contribution is -2.42. The summed E-state index contributed by atoms with van der Waals surface area (Å²) < 4.78 is 5.35. The number of amides is 2. The molecule has 1 atom stereocenters. The quantitative estimate of drug-likeness (QED) is 0.792. The zero-order valence-electron chi connectivity index (χ0n) is 11.2. The molecule has 1 fully saturated rings. The minimum absolute atomic E-state index is 0.00344. The Hall–Kier alpha value is -1.78. The molecule has 0 aliphatic carbocycles. The normalized spacial score (nSPS) is 19.4. The van der Waals surface area contributed by atoms with Crippen molar-refractivity contribution in [3.8, 4) is 0 Å². The summed E-state index contributed by atoms with van der Waals surface area (Å²) in [5, 5.41) is 0. The maximum absolute atomic E-state index is 12.3. The molecule has 1 aliphatic rings. The first kappa shape index (κ1) is 12.7. The van der Waals surface area contributed by atoms with Gasteiger partial charge in [-0.15, -0.1) is 0 Å². The summed E-state index contributed by atoms with van der Waals surface area (Å²) in [5.41, 5.74) is 0.539. The molecule has 0 spiro atoms. The molecule has 2 heterocycles. The van der Waals surface area contributed by atoms with Crippen molar-refractivity contribution in [3.05, 3.63) is 23.2 Å². The summed E-state index contributed by atoms with van der Waals surface area (Å²) in [5.74, 6) is 1.16. The SMILES string of the molecule is Cc1cc(C(=O)N(C)C2CCN(C)C2=O)c(C)o1. The van der Waals surface area contributed by atoms with Gasteiger partial charge in [-0.3, -0.25) is 9.59 Å². The Kier molecular flexibility index (Phi) is 3.15. The Balaban J connectivity index is 2.19. The Bertz CT molecular complexity index is 492. The molecule has 1 aliphatic heterocycles. The molecule has 98 valence electrons. The fourth-order valence-electron chi connectivity index (χ4n) is 2.34. The van der Waals surface area contributed by atoms with Crippen LogP contribution in [0.4, 0.5) is 0 Å². The van der Waals surface area contributed by atoms with Crippen LogP contribution < -0.4 is 0 Å². The number of hydrogen-bond acceptors (Lipinski definition) is 3. The summed E-state index contributed by atoms with van der Waals surface area (Å²) in [6.45, 7) is 4.26. The van der Waals surface area contributed by atoms with E-state index in [0.717, 1.165) is 0 Å². The average Bonchev–Trinajstić information content (AvgIpc) is 2.82. The summed E-state index contributed by atoms with van der Waals surface area (Å²) in [6.07, 6.45) is 0.688. The second kappa shape index (κ2) is 4.48. The first-order chi connectivity index (χ1) is 8.41. The second-order valence-corrected chi connectivity index (χ2v) is 4.81. The predicted octanol–water partition coefficient (Wildman–Crippen LogP) is 1.20. The lowest BCUT2D eigenvalue weighted by atomic mass is 10.1. The third-order valence-electron chi connectivity index (χ3n) is 3.46. The lowest BCUT2D eigenvalue weighted by molar-refractivity contribution is -0.130. The van der Waals surface area contributed by atoms with Crippen molar-refractivity contribution in [3.63, 3.8) is 0 Å². The van der Waals surface area contributed by atoms with E-state index >= 15 is 0 Å². The summed E-state index contributed by atoms with van der Waals surface area (Å²) in [7, 11) is 3.43. The standard InChI is InChI=1S/C13H18N2O3/c1-8-7-10(9(2)18-8)12(16)15(4)11-5-6-14(3)13(11)17/h7,11H,5-6H2,1-4H3. The molecule has 2 amide bonds. The van der Waals surface area contributed by atoms with Crippen molar-refractivity contribution in [2.75, 3.05) is 20.6 Å². The maximum Gasteiger partial charge on any atom is 0.257 e. The molecule has 0 bridgehead atoms. The smallest absolute Gasteiger partial charge is 0.257 e. The molecule has 0 radical (unpaired) electrons. The molecule has 0 saturated carbocycles. The monoisotopic (exact) mass is 250 g/mol. The molecule has 1 saturated heterocycles. The van der Waals surface area contributed by atoms with E-state index in [9.17, 15) is 9.59 Å². The van der Waals surface area contributed by atoms with E-state index < -0.39 is 0 Å². The van der Waals surface area contributed by atoms with E-state index in [1.54, 1.807) is 38.9 Å². The number of rotatable bonds is 2. The molecular weight excluding hydrogens is 232 g/mol. The van der Waals surface area contributed by atoms with Gasteiger partial charge < -0.3 is 14.2 Å². The number of likely N-dealkylation sites (tertiary alicyclic amines) is 1. The van der Waals surface area contributed by atoms with Gasteiger partial charge in [-0.05, 0) is 26.3 Å². The molecule has 2 rings (SSSR count). The van der Waals surface area contributed by atoms with Crippen molar-refractivity contribution in [1.29, 1.82) is 0 Å². The molecule has 0 aromatic carbocycles. The highest BCUT2D eigenvalue weighted by Gasteiger charge is 2.35. The van der Waals surface area contributed by atoms with Gasteiger partial charge in [0.1, 0.15) is 17.6 Å². The zero-order valence-corrected chi connectivity index (χ0v) is 11.2. The third kappa shape index (κ3) is 2.00. The second-order valence-electron chi connectivity index (χ2n) is 4.81. The number of furan rings is 1. The van der Waals surface area contributed by atoms with Gasteiger partial charge in [-0.1, -0.05) is 0 Å². The van der Waals surface area contributed by atoms with E-state index in [-0.39, 0.29) is 17.9 Å². The minimum atomic E-state index is -0.350. The number of carbonyl (C=O) groups is 2. The highest BCUT2D eigenvalue weighted by molar-refractivity contribution is 5.98. The van der Waals surface area contributed by atoms with E-state index in [2.05, 4.69) is 0 Å². The molecule has 5 heteroatoms. The molecule has 18 heavy (non-hydrogen) atoms. The number of likely N-dealkylation sites (N-methyl/N-ethyl adjacent to an activating group) is 2. The van der Waals surface area contributed by atoms with E-state index in [1.807, 2.05) is 0 Å². The van der Waals surface area contributed by atoms with E-state index in [1.165, 1.54) is 4.90 Å². The Morgan fingerprint density at radius 1 is 1.50 bits per heavy atom. The van der Waals surface area contributed by atoms with Crippen LogP contribution in [-0.4, -0.2) is 48.3 Å². The maximum atomic E-state index is 12.3. The van der Waals surface area contributed by atoms with Gasteiger partial charge in [0.05, 0.1) is 5.56 Å². The van der Waals surface area contributed by atoms with Gasteiger partial charge in [0.25, 0.3) is 5.91 Å². The van der Waals surface area contributed by atoms with Crippen LogP contribution in [0, 0.1) is 13.8 Å². The average molecular weight is 250 g/mol. The number of carbonyl (C=O) groups excluding carboxylic acids is 2. The highest BCUT2D eigenvalue weighted by Crippen LogP contribution is 2.20. The largest absolute Gasteiger partial charge is 0.466 e. The van der Waals surface area contributed by atoms with Crippen LogP contribution in [0.25, 0.3) is 0 Å². The fourth-order valence-corrected chi connectivity index (χ4v) is 2.34. The summed E-state index contributed by atoms with van der Waals surface area (Å²) in [4.78, 5) is 27.4. The first-order valence-electron chi connectivity index (χ1n) is 6.01. The van der Waals surface area contributed by atoms with Gasteiger partial charge in [0.2, 0.25) is 5.91 Å². The highest BCUT2D eigenvalue weighted by atomic mass is 16.3. The van der Waals surface area contributed by atoms with Crippen LogP contribution >= 0.6 is 0 Å². The van der Waals surface area contributed by atoms with E-state index in [0.29, 0.717) is 30.0 Å². The van der Waals surface area contributed by atoms with Gasteiger partial charge in [-0.2, -0.15) is 0 Å². The summed E-state index contributed by atoms with van der Waals surface area (Å²) >= 11 is 0. The first-order valence-corrected chi connectivity index (χ1v) is 6.01. The third-order valence-corrected chi connectivity index (χ3v) is 3.46. The molecule has 1 aromatic heterocycles. The van der Waals surface area contributed by atoms with Crippen molar-refractivity contribution in [2.45, 2.75) is 26.3 Å². The van der Waals surface area contributed by atoms with Gasteiger partial charge in [0, 0.05) is 20.6 Å². The van der Waals surface area contributed by atoms with Crippen molar-refractivity contribution in [1.82, 2.24) is 9.80 Å². The van der Waals surface area contributed by atoms with Crippen LogP contribution in [0.5, 0.6) is 0 Å². The molecule has 1 unspecified atom stereocenters. The van der Waals surface area contributed by atoms with Crippen LogP contribution in [-0.2, 0) is 4.79 Å². The number of nitrogens with zero attached hydrogens (tertiary/aromatic N) is 2. The summed E-state index contributed by atoms with van der Waals surface area (Å²) in [6, 6.07) is 1.37. The van der Waals surface area contributed by atoms with Crippen LogP contribution in [0.3, 0.4) is 0 Å². The molecule has 1 aromatic rings. The molecular formula is C13H18N2O3. The topological polar surface area (TPSA) is 53.8 Å². The predicted molar refractivity (Wildman–Crippen MR) is 66.3 cm³/mol. The molecule has 0 N–H and O–H groups in total. The van der Waals surface area contributed by atoms with Crippen LogP contribution in [0.15, 0.2) is 10.5 Å². The minimum Gasteiger partial charge on any atom is -0.466 e. The Morgan fingerprint density at radius 3 is 2.61 bits per heavy atom. The van der Waals surface area contributed by atoms with Crippen molar-refractivity contribution < 1.29 is 14.0 Å². The van der Waals surface area contributed by atoms with Crippen molar-refractivity contribution in [2.24, 2.45) is 0 Å². The Morgan fingerprint density at radius 2 is 2.17 bits per heavy atom. The van der Waals surface area contributed by atoms with Gasteiger partial charge in [-0.25, -0.2) is 0 Å². The van der Waals surface area contributed by atoms with Gasteiger partial charge >= 0.3 is 0 Å². The Labute approximate surface area is 106 Å². The molecule has 5 nitrogen and oxygen atoms in total. The van der Waals surface area contributed by atoms with Crippen LogP contribution in [0.1, 0.15) is 28.3 Å². The number of aryl methyl sites for hydroxylation is 2. The van der Waals surface area contributed by atoms with Crippen LogP contribution in [0.2, 0.25) is 0 Å². The lowest BCUT2D eigenvalue weighted by Gasteiger charge is -2.22. The fraction of sp³-hybridized carbons (Fsp3) is 0.538. The van der Waals surface area contributed by atoms with E-state index in [4.69, 9.17) is 4.42 Å². The number of hydrogen-bond donors (Lipinski definition) is 0. The van der Waals surface area contributed by atoms with Gasteiger partial charge in [0.15, 0.2) is 0 Å².